The molecule has 6 nitrogen and oxygen atoms in total. The average molecular weight is 324 g/mol. The van der Waals surface area contributed by atoms with Crippen LogP contribution in [-0.4, -0.2) is 48.5 Å². The van der Waals surface area contributed by atoms with Gasteiger partial charge < -0.3 is 20.1 Å². The summed E-state index contributed by atoms with van der Waals surface area (Å²) in [5.74, 6) is -0.347. The fourth-order valence-corrected chi connectivity index (χ4v) is 3.04. The zero-order valence-corrected chi connectivity index (χ0v) is 13.5. The Hall–Kier alpha value is -1.89. The Morgan fingerprint density at radius 2 is 2.05 bits per heavy atom. The standard InChI is InChI=1S/C15H20N2O4S/c1-21-12-4-3-11(9-13(12)22-2)16-15(20)17-7-5-10(6-8-17)14(18)19/h3-4,9-10H,5-8H2,1-2H3,(H,16,20)(H,18,19). The Morgan fingerprint density at radius 1 is 1.36 bits per heavy atom. The molecule has 1 aromatic rings. The minimum absolute atomic E-state index is 0.193. The Bertz CT molecular complexity index is 556. The lowest BCUT2D eigenvalue weighted by Gasteiger charge is -2.30. The fourth-order valence-electron chi connectivity index (χ4n) is 2.45. The normalized spacial score (nSPS) is 15.5. The number of likely N-dealkylation sites (tertiary alicyclic amines) is 1. The molecular weight excluding hydrogens is 304 g/mol. The second kappa shape index (κ2) is 7.40. The van der Waals surface area contributed by atoms with Crippen molar-refractivity contribution in [1.29, 1.82) is 0 Å². The van der Waals surface area contributed by atoms with E-state index in [0.29, 0.717) is 31.6 Å². The van der Waals surface area contributed by atoms with Gasteiger partial charge in [-0.2, -0.15) is 0 Å². The second-order valence-corrected chi connectivity index (χ2v) is 5.95. The Balaban J connectivity index is 1.96. The highest BCUT2D eigenvalue weighted by molar-refractivity contribution is 7.98. The van der Waals surface area contributed by atoms with Crippen molar-refractivity contribution in [2.45, 2.75) is 17.7 Å². The minimum atomic E-state index is -0.778. The molecule has 1 heterocycles. The topological polar surface area (TPSA) is 78.9 Å². The van der Waals surface area contributed by atoms with E-state index >= 15 is 0 Å². The van der Waals surface area contributed by atoms with Crippen LogP contribution in [0, 0.1) is 5.92 Å². The van der Waals surface area contributed by atoms with E-state index in [-0.39, 0.29) is 11.9 Å². The Morgan fingerprint density at radius 3 is 2.59 bits per heavy atom. The molecule has 22 heavy (non-hydrogen) atoms. The molecule has 1 fully saturated rings. The van der Waals surface area contributed by atoms with Gasteiger partial charge in [0.25, 0.3) is 0 Å². The quantitative estimate of drug-likeness (QED) is 0.833. The van der Waals surface area contributed by atoms with E-state index < -0.39 is 5.97 Å². The van der Waals surface area contributed by atoms with Crippen LogP contribution < -0.4 is 10.1 Å². The van der Waals surface area contributed by atoms with Gasteiger partial charge in [0.15, 0.2) is 0 Å². The van der Waals surface area contributed by atoms with E-state index in [4.69, 9.17) is 9.84 Å². The third-order valence-electron chi connectivity index (χ3n) is 3.77. The molecule has 1 saturated heterocycles. The van der Waals surface area contributed by atoms with Crippen LogP contribution in [0.5, 0.6) is 5.75 Å². The largest absolute Gasteiger partial charge is 0.496 e. The summed E-state index contributed by atoms with van der Waals surface area (Å²) in [7, 11) is 1.61. The number of carboxylic acid groups (broad SMARTS) is 1. The lowest BCUT2D eigenvalue weighted by Crippen LogP contribution is -2.42. The first-order chi connectivity index (χ1) is 10.5. The van der Waals surface area contributed by atoms with E-state index in [1.165, 1.54) is 0 Å². The molecule has 0 radical (unpaired) electrons. The summed E-state index contributed by atoms with van der Waals surface area (Å²) >= 11 is 1.55. The van der Waals surface area contributed by atoms with Gasteiger partial charge in [0.1, 0.15) is 5.75 Å². The maximum Gasteiger partial charge on any atom is 0.321 e. The highest BCUT2D eigenvalue weighted by Crippen LogP contribution is 2.30. The third-order valence-corrected chi connectivity index (χ3v) is 4.53. The number of ether oxygens (including phenoxy) is 1. The van der Waals surface area contributed by atoms with E-state index in [9.17, 15) is 9.59 Å². The number of piperidine rings is 1. The Labute approximate surface area is 133 Å². The lowest BCUT2D eigenvalue weighted by atomic mass is 9.97. The van der Waals surface area contributed by atoms with Gasteiger partial charge in [-0.25, -0.2) is 4.79 Å². The molecule has 2 N–H and O–H groups in total. The molecule has 0 aromatic heterocycles. The number of carbonyl (C=O) groups excluding carboxylic acids is 1. The maximum absolute atomic E-state index is 12.2. The van der Waals surface area contributed by atoms with Gasteiger partial charge in [-0.1, -0.05) is 0 Å². The van der Waals surface area contributed by atoms with Crippen LogP contribution in [0.2, 0.25) is 0 Å². The molecule has 0 spiro atoms. The molecule has 0 aliphatic carbocycles. The monoisotopic (exact) mass is 324 g/mol. The molecule has 7 heteroatoms. The molecule has 0 bridgehead atoms. The molecular formula is C15H20N2O4S. The van der Waals surface area contributed by atoms with Crippen molar-refractivity contribution in [3.63, 3.8) is 0 Å². The van der Waals surface area contributed by atoms with Gasteiger partial charge >= 0.3 is 12.0 Å². The number of anilines is 1. The summed E-state index contributed by atoms with van der Waals surface area (Å²) in [6, 6.07) is 5.28. The number of methoxy groups -OCH3 is 1. The summed E-state index contributed by atoms with van der Waals surface area (Å²) in [6.07, 6.45) is 2.95. The van der Waals surface area contributed by atoms with Crippen LogP contribution in [0.15, 0.2) is 23.1 Å². The number of carbonyl (C=O) groups is 2. The lowest BCUT2D eigenvalue weighted by molar-refractivity contribution is -0.143. The number of urea groups is 1. The predicted molar refractivity (Wildman–Crippen MR) is 85.7 cm³/mol. The fraction of sp³-hybridized carbons (Fsp3) is 0.467. The van der Waals surface area contributed by atoms with Crippen LogP contribution in [-0.2, 0) is 4.79 Å². The van der Waals surface area contributed by atoms with E-state index in [0.717, 1.165) is 10.6 Å². The number of nitrogens with zero attached hydrogens (tertiary/aromatic N) is 1. The van der Waals surface area contributed by atoms with Crippen molar-refractivity contribution >= 4 is 29.4 Å². The van der Waals surface area contributed by atoms with Gasteiger partial charge in [0, 0.05) is 18.8 Å². The summed E-state index contributed by atoms with van der Waals surface area (Å²) in [4.78, 5) is 25.8. The van der Waals surface area contributed by atoms with Crippen molar-refractivity contribution < 1.29 is 19.4 Å². The zero-order valence-electron chi connectivity index (χ0n) is 12.7. The van der Waals surface area contributed by atoms with Gasteiger partial charge in [0.05, 0.1) is 17.9 Å². The second-order valence-electron chi connectivity index (χ2n) is 5.10. The third kappa shape index (κ3) is 3.85. The number of hydrogen-bond acceptors (Lipinski definition) is 4. The average Bonchev–Trinajstić information content (AvgIpc) is 2.54. The number of carboxylic acids is 1. The highest BCUT2D eigenvalue weighted by atomic mass is 32.2. The molecule has 1 aliphatic heterocycles. The van der Waals surface area contributed by atoms with Crippen LogP contribution in [0.4, 0.5) is 10.5 Å². The number of thioether (sulfide) groups is 1. The van der Waals surface area contributed by atoms with Crippen molar-refractivity contribution in [1.82, 2.24) is 4.90 Å². The van der Waals surface area contributed by atoms with Crippen molar-refractivity contribution in [3.8, 4) is 5.75 Å². The van der Waals surface area contributed by atoms with Crippen molar-refractivity contribution in [2.75, 3.05) is 31.8 Å². The number of hydrogen-bond donors (Lipinski definition) is 2. The first-order valence-electron chi connectivity index (χ1n) is 7.06. The first kappa shape index (κ1) is 16.5. The van der Waals surface area contributed by atoms with E-state index in [2.05, 4.69) is 5.32 Å². The zero-order chi connectivity index (χ0) is 16.1. The highest BCUT2D eigenvalue weighted by Gasteiger charge is 2.27. The van der Waals surface area contributed by atoms with Gasteiger partial charge in [0.2, 0.25) is 0 Å². The number of nitrogens with one attached hydrogen (secondary N) is 1. The van der Waals surface area contributed by atoms with Gasteiger partial charge in [-0.15, -0.1) is 11.8 Å². The number of amides is 2. The van der Waals surface area contributed by atoms with Gasteiger partial charge in [-0.05, 0) is 37.3 Å². The molecule has 0 atom stereocenters. The van der Waals surface area contributed by atoms with Crippen LogP contribution in [0.3, 0.4) is 0 Å². The van der Waals surface area contributed by atoms with Crippen LogP contribution >= 0.6 is 11.8 Å². The van der Waals surface area contributed by atoms with E-state index in [1.54, 1.807) is 29.8 Å². The molecule has 120 valence electrons. The smallest absolute Gasteiger partial charge is 0.321 e. The molecule has 2 amide bonds. The van der Waals surface area contributed by atoms with Crippen LogP contribution in [0.1, 0.15) is 12.8 Å². The van der Waals surface area contributed by atoms with Gasteiger partial charge in [-0.3, -0.25) is 4.79 Å². The van der Waals surface area contributed by atoms with Crippen molar-refractivity contribution in [3.05, 3.63) is 18.2 Å². The number of aliphatic carboxylic acids is 1. The van der Waals surface area contributed by atoms with Crippen LogP contribution in [0.25, 0.3) is 0 Å². The predicted octanol–water partition coefficient (Wildman–Crippen LogP) is 2.75. The SMILES string of the molecule is COc1ccc(NC(=O)N2CCC(C(=O)O)CC2)cc1SC. The molecule has 1 aliphatic rings. The maximum atomic E-state index is 12.2. The first-order valence-corrected chi connectivity index (χ1v) is 8.28. The molecule has 0 unspecified atom stereocenters. The van der Waals surface area contributed by atoms with Crippen molar-refractivity contribution in [2.24, 2.45) is 5.92 Å². The number of benzene rings is 1. The van der Waals surface area contributed by atoms with E-state index in [1.807, 2.05) is 18.4 Å². The molecule has 0 saturated carbocycles. The Kier molecular flexibility index (Phi) is 5.54. The number of rotatable bonds is 4. The summed E-state index contributed by atoms with van der Waals surface area (Å²) in [5, 5.41) is 11.8. The summed E-state index contributed by atoms with van der Waals surface area (Å²) in [6.45, 7) is 0.933. The summed E-state index contributed by atoms with van der Waals surface area (Å²) < 4.78 is 5.25. The minimum Gasteiger partial charge on any atom is -0.496 e. The summed E-state index contributed by atoms with van der Waals surface area (Å²) in [5.41, 5.74) is 0.704. The molecule has 1 aromatic carbocycles. The molecule has 2 rings (SSSR count).